The normalized spacial score (nSPS) is 16.9. The van der Waals surface area contributed by atoms with E-state index in [2.05, 4.69) is 20.2 Å². The number of ether oxygens (including phenoxy) is 2. The van der Waals surface area contributed by atoms with Crippen molar-refractivity contribution in [2.75, 3.05) is 32.2 Å². The first kappa shape index (κ1) is 20.1. The van der Waals surface area contributed by atoms with E-state index < -0.39 is 0 Å². The molecular weight excluding hydrogens is 380 g/mol. The minimum absolute atomic E-state index is 0.0492. The smallest absolute Gasteiger partial charge is 0.221 e. The Balaban J connectivity index is 1.50. The molecule has 0 bridgehead atoms. The zero-order valence-electron chi connectivity index (χ0n) is 17.2. The summed E-state index contributed by atoms with van der Waals surface area (Å²) in [6, 6.07) is 15.9. The van der Waals surface area contributed by atoms with Gasteiger partial charge in [0.2, 0.25) is 5.91 Å². The highest BCUT2D eigenvalue weighted by Gasteiger charge is 2.27. The fourth-order valence-corrected chi connectivity index (χ4v) is 3.65. The Hall–Kier alpha value is -3.16. The molecule has 1 unspecified atom stereocenters. The number of rotatable bonds is 6. The molecule has 1 saturated heterocycles. The highest BCUT2D eigenvalue weighted by atomic mass is 16.5. The molecule has 156 valence electrons. The number of nitrogens with one attached hydrogen (secondary N) is 2. The molecule has 2 heterocycles. The molecular formula is C23H26N4O3. The number of aromatic amines is 1. The van der Waals surface area contributed by atoms with Crippen molar-refractivity contribution >= 4 is 11.6 Å². The number of carbonyl (C=O) groups is 1. The monoisotopic (exact) mass is 406 g/mol. The maximum absolute atomic E-state index is 11.2. The Bertz CT molecular complexity index is 1000. The van der Waals surface area contributed by atoms with E-state index in [9.17, 15) is 4.79 Å². The molecule has 4 rings (SSSR count). The summed E-state index contributed by atoms with van der Waals surface area (Å²) < 4.78 is 11.1. The average molecular weight is 406 g/mol. The maximum atomic E-state index is 11.2. The van der Waals surface area contributed by atoms with Crippen LogP contribution < -0.4 is 10.1 Å². The molecule has 1 aliphatic heterocycles. The van der Waals surface area contributed by atoms with Crippen LogP contribution in [0.2, 0.25) is 0 Å². The number of imidazole rings is 1. The predicted octanol–water partition coefficient (Wildman–Crippen LogP) is 3.62. The number of carbonyl (C=O) groups excluding carboxylic acids is 1. The molecule has 0 aliphatic carbocycles. The third kappa shape index (κ3) is 4.69. The molecule has 7 nitrogen and oxygen atoms in total. The van der Waals surface area contributed by atoms with Crippen LogP contribution in [0.4, 0.5) is 5.69 Å². The molecule has 2 N–H and O–H groups in total. The van der Waals surface area contributed by atoms with Gasteiger partial charge in [-0.15, -0.1) is 0 Å². The molecule has 0 spiro atoms. The van der Waals surface area contributed by atoms with Gasteiger partial charge in [0.25, 0.3) is 0 Å². The third-order valence-electron chi connectivity index (χ3n) is 5.19. The van der Waals surface area contributed by atoms with Crippen LogP contribution in [-0.4, -0.2) is 47.6 Å². The Morgan fingerprint density at radius 2 is 2.13 bits per heavy atom. The van der Waals surface area contributed by atoms with E-state index >= 15 is 0 Å². The summed E-state index contributed by atoms with van der Waals surface area (Å²) in [5, 5.41) is 2.80. The van der Waals surface area contributed by atoms with Crippen LogP contribution in [0.15, 0.2) is 54.7 Å². The number of hydrogen-bond donors (Lipinski definition) is 2. The Morgan fingerprint density at radius 1 is 1.30 bits per heavy atom. The van der Waals surface area contributed by atoms with Gasteiger partial charge in [0.1, 0.15) is 11.6 Å². The lowest BCUT2D eigenvalue weighted by molar-refractivity contribution is -0.114. The number of morpholine rings is 1. The van der Waals surface area contributed by atoms with Crippen LogP contribution in [0.5, 0.6) is 5.75 Å². The summed E-state index contributed by atoms with van der Waals surface area (Å²) in [5.74, 6) is 1.64. The van der Waals surface area contributed by atoms with Gasteiger partial charge in [0, 0.05) is 31.3 Å². The number of amides is 1. The summed E-state index contributed by atoms with van der Waals surface area (Å²) in [6.45, 7) is 4.41. The van der Waals surface area contributed by atoms with Gasteiger partial charge < -0.3 is 19.8 Å². The van der Waals surface area contributed by atoms with Crippen molar-refractivity contribution in [1.82, 2.24) is 14.9 Å². The van der Waals surface area contributed by atoms with Gasteiger partial charge in [-0.05, 0) is 29.8 Å². The van der Waals surface area contributed by atoms with Crippen LogP contribution in [-0.2, 0) is 16.1 Å². The topological polar surface area (TPSA) is 79.5 Å². The fourth-order valence-electron chi connectivity index (χ4n) is 3.65. The van der Waals surface area contributed by atoms with Crippen LogP contribution in [0, 0.1) is 0 Å². The van der Waals surface area contributed by atoms with Gasteiger partial charge in [-0.1, -0.05) is 24.3 Å². The van der Waals surface area contributed by atoms with Gasteiger partial charge in [-0.25, -0.2) is 4.98 Å². The standard InChI is InChI=1S/C23H26N4O3/c1-16(28)25-19-8-6-17(7-9-19)14-27-10-11-30-15-22(27)23-24-13-21(26-23)18-4-3-5-20(12-18)29-2/h3-9,12-13,22H,10-11,14-15H2,1-2H3,(H,24,26)(H,25,28). The second-order valence-corrected chi connectivity index (χ2v) is 7.35. The van der Waals surface area contributed by atoms with E-state index in [0.717, 1.165) is 41.6 Å². The van der Waals surface area contributed by atoms with Crippen molar-refractivity contribution in [3.63, 3.8) is 0 Å². The quantitative estimate of drug-likeness (QED) is 0.654. The molecule has 1 atom stereocenters. The van der Waals surface area contributed by atoms with Crippen LogP contribution in [0.25, 0.3) is 11.3 Å². The number of hydrogen-bond acceptors (Lipinski definition) is 5. The lowest BCUT2D eigenvalue weighted by atomic mass is 10.1. The number of H-pyrrole nitrogens is 1. The number of benzene rings is 2. The lowest BCUT2D eigenvalue weighted by Crippen LogP contribution is -2.39. The first-order chi connectivity index (χ1) is 14.6. The van der Waals surface area contributed by atoms with E-state index in [-0.39, 0.29) is 11.9 Å². The molecule has 7 heteroatoms. The second kappa shape index (κ2) is 9.11. The van der Waals surface area contributed by atoms with Crippen LogP contribution in [0.1, 0.15) is 24.4 Å². The molecule has 3 aromatic rings. The third-order valence-corrected chi connectivity index (χ3v) is 5.19. The molecule has 0 saturated carbocycles. The zero-order chi connectivity index (χ0) is 20.9. The molecule has 30 heavy (non-hydrogen) atoms. The van der Waals surface area contributed by atoms with Gasteiger partial charge in [0.05, 0.1) is 38.3 Å². The van der Waals surface area contributed by atoms with Crippen molar-refractivity contribution in [2.24, 2.45) is 0 Å². The van der Waals surface area contributed by atoms with Crippen LogP contribution in [0.3, 0.4) is 0 Å². The first-order valence-electron chi connectivity index (χ1n) is 10.00. The molecule has 1 aromatic heterocycles. The van der Waals surface area contributed by atoms with E-state index in [1.807, 2.05) is 54.7 Å². The van der Waals surface area contributed by atoms with Crippen molar-refractivity contribution in [1.29, 1.82) is 0 Å². The van der Waals surface area contributed by atoms with E-state index in [4.69, 9.17) is 9.47 Å². The number of aromatic nitrogens is 2. The van der Waals surface area contributed by atoms with Gasteiger partial charge >= 0.3 is 0 Å². The Kier molecular flexibility index (Phi) is 6.11. The zero-order valence-corrected chi connectivity index (χ0v) is 17.2. The predicted molar refractivity (Wildman–Crippen MR) is 115 cm³/mol. The molecule has 1 fully saturated rings. The highest BCUT2D eigenvalue weighted by Crippen LogP contribution is 2.28. The summed E-state index contributed by atoms with van der Waals surface area (Å²) in [4.78, 5) is 21.7. The van der Waals surface area contributed by atoms with Crippen LogP contribution >= 0.6 is 0 Å². The van der Waals surface area contributed by atoms with Crippen molar-refractivity contribution < 1.29 is 14.3 Å². The molecule has 0 radical (unpaired) electrons. The largest absolute Gasteiger partial charge is 0.497 e. The number of anilines is 1. The van der Waals surface area contributed by atoms with E-state index in [1.54, 1.807) is 7.11 Å². The summed E-state index contributed by atoms with van der Waals surface area (Å²) in [7, 11) is 1.66. The van der Waals surface area contributed by atoms with E-state index in [1.165, 1.54) is 12.5 Å². The molecule has 1 aliphatic rings. The number of methoxy groups -OCH3 is 1. The minimum Gasteiger partial charge on any atom is -0.497 e. The molecule has 2 aromatic carbocycles. The Morgan fingerprint density at radius 3 is 2.90 bits per heavy atom. The summed E-state index contributed by atoms with van der Waals surface area (Å²) >= 11 is 0. The van der Waals surface area contributed by atoms with Gasteiger partial charge in [-0.2, -0.15) is 0 Å². The van der Waals surface area contributed by atoms with Crippen molar-refractivity contribution in [3.05, 3.63) is 66.1 Å². The molecule has 1 amide bonds. The van der Waals surface area contributed by atoms with Gasteiger partial charge in [0.15, 0.2) is 0 Å². The SMILES string of the molecule is COc1cccc(-c2cnc(C3COCCN3Cc3ccc(NC(C)=O)cc3)[nH]2)c1. The minimum atomic E-state index is -0.0688. The van der Waals surface area contributed by atoms with Crippen molar-refractivity contribution in [3.8, 4) is 17.0 Å². The average Bonchev–Trinajstić information content (AvgIpc) is 3.25. The maximum Gasteiger partial charge on any atom is 0.221 e. The second-order valence-electron chi connectivity index (χ2n) is 7.35. The lowest BCUT2D eigenvalue weighted by Gasteiger charge is -2.34. The van der Waals surface area contributed by atoms with E-state index in [0.29, 0.717) is 13.2 Å². The highest BCUT2D eigenvalue weighted by molar-refractivity contribution is 5.88. The Labute approximate surface area is 176 Å². The summed E-state index contributed by atoms with van der Waals surface area (Å²) in [5.41, 5.74) is 3.97. The van der Waals surface area contributed by atoms with Crippen molar-refractivity contribution in [2.45, 2.75) is 19.5 Å². The number of nitrogens with zero attached hydrogens (tertiary/aromatic N) is 2. The fraction of sp³-hybridized carbons (Fsp3) is 0.304. The van der Waals surface area contributed by atoms with Gasteiger partial charge in [-0.3, -0.25) is 9.69 Å². The summed E-state index contributed by atoms with van der Waals surface area (Å²) in [6.07, 6.45) is 1.86. The first-order valence-corrected chi connectivity index (χ1v) is 10.00.